The van der Waals surface area contributed by atoms with Crippen molar-refractivity contribution >= 4 is 11.9 Å². The summed E-state index contributed by atoms with van der Waals surface area (Å²) in [7, 11) is 0. The van der Waals surface area contributed by atoms with Gasteiger partial charge in [-0.15, -0.1) is 0 Å². The van der Waals surface area contributed by atoms with Gasteiger partial charge in [0.1, 0.15) is 0 Å². The molecule has 6 nitrogen and oxygen atoms in total. The first kappa shape index (κ1) is 54.1. The highest BCUT2D eigenvalue weighted by Crippen LogP contribution is 2.15. The van der Waals surface area contributed by atoms with Crippen LogP contribution in [0.3, 0.4) is 0 Å². The van der Waals surface area contributed by atoms with Crippen LogP contribution < -0.4 is 5.32 Å². The van der Waals surface area contributed by atoms with Gasteiger partial charge >= 0.3 is 5.97 Å². The van der Waals surface area contributed by atoms with E-state index in [9.17, 15) is 19.8 Å². The van der Waals surface area contributed by atoms with Gasteiger partial charge in [0.15, 0.2) is 0 Å². The van der Waals surface area contributed by atoms with Crippen molar-refractivity contribution in [3.05, 3.63) is 36.5 Å². The van der Waals surface area contributed by atoms with Gasteiger partial charge < -0.3 is 20.3 Å². The van der Waals surface area contributed by atoms with Crippen molar-refractivity contribution < 1.29 is 24.5 Å². The topological polar surface area (TPSA) is 95.9 Å². The molecule has 0 fully saturated rings. The lowest BCUT2D eigenvalue weighted by Gasteiger charge is -2.20. The summed E-state index contributed by atoms with van der Waals surface area (Å²) in [6.45, 7) is 4.81. The lowest BCUT2D eigenvalue weighted by molar-refractivity contribution is -0.143. The molecular formula is C50H93NO5. The second kappa shape index (κ2) is 45.8. The third kappa shape index (κ3) is 41.7. The molecule has 2 atom stereocenters. The molecule has 0 aliphatic heterocycles. The van der Waals surface area contributed by atoms with E-state index in [0.717, 1.165) is 64.2 Å². The zero-order valence-electron chi connectivity index (χ0n) is 37.1. The minimum absolute atomic E-state index is 0.0185. The Morgan fingerprint density at radius 2 is 0.893 bits per heavy atom. The fourth-order valence-corrected chi connectivity index (χ4v) is 7.13. The zero-order valence-corrected chi connectivity index (χ0v) is 37.1. The van der Waals surface area contributed by atoms with Crippen molar-refractivity contribution in [3.8, 4) is 0 Å². The molecule has 0 radical (unpaired) electrons. The maximum atomic E-state index is 12.4. The predicted octanol–water partition coefficient (Wildman–Crippen LogP) is 14.1. The second-order valence-corrected chi connectivity index (χ2v) is 16.4. The Balaban J connectivity index is 3.47. The summed E-state index contributed by atoms with van der Waals surface area (Å²) in [5.41, 5.74) is 0. The van der Waals surface area contributed by atoms with Crippen LogP contribution in [0.15, 0.2) is 36.5 Å². The predicted molar refractivity (Wildman–Crippen MR) is 241 cm³/mol. The largest absolute Gasteiger partial charge is 0.466 e. The quantitative estimate of drug-likeness (QED) is 0.0325. The summed E-state index contributed by atoms with van der Waals surface area (Å²) in [6.07, 6.45) is 54.2. The summed E-state index contributed by atoms with van der Waals surface area (Å²) in [4.78, 5) is 24.4. The summed E-state index contributed by atoms with van der Waals surface area (Å²) < 4.78 is 5.45. The number of aliphatic hydroxyl groups excluding tert-OH is 2. The molecule has 0 heterocycles. The van der Waals surface area contributed by atoms with Crippen LogP contribution >= 0.6 is 0 Å². The number of ether oxygens (including phenoxy) is 1. The highest BCUT2D eigenvalue weighted by atomic mass is 16.5. The van der Waals surface area contributed by atoms with E-state index in [1.807, 2.05) is 6.08 Å². The molecule has 0 spiro atoms. The van der Waals surface area contributed by atoms with Gasteiger partial charge in [0.25, 0.3) is 0 Å². The molecule has 0 aliphatic carbocycles. The van der Waals surface area contributed by atoms with Gasteiger partial charge in [-0.05, 0) is 64.2 Å². The van der Waals surface area contributed by atoms with Gasteiger partial charge in [0, 0.05) is 12.8 Å². The number of allylic oxidation sites excluding steroid dienone is 5. The van der Waals surface area contributed by atoms with Crippen LogP contribution in [0.5, 0.6) is 0 Å². The number of hydrogen-bond acceptors (Lipinski definition) is 5. The first-order valence-corrected chi connectivity index (χ1v) is 24.3. The molecular weight excluding hydrogens is 695 g/mol. The van der Waals surface area contributed by atoms with E-state index in [0.29, 0.717) is 19.4 Å². The summed E-state index contributed by atoms with van der Waals surface area (Å²) in [5, 5.41) is 22.9. The maximum Gasteiger partial charge on any atom is 0.305 e. The lowest BCUT2D eigenvalue weighted by atomic mass is 10.0. The van der Waals surface area contributed by atoms with Crippen LogP contribution in [0.2, 0.25) is 0 Å². The molecule has 328 valence electrons. The number of hydrogen-bond donors (Lipinski definition) is 3. The van der Waals surface area contributed by atoms with Crippen LogP contribution in [0.1, 0.15) is 245 Å². The molecule has 1 amide bonds. The van der Waals surface area contributed by atoms with E-state index in [1.165, 1.54) is 154 Å². The normalized spacial score (nSPS) is 13.0. The minimum atomic E-state index is -0.850. The zero-order chi connectivity index (χ0) is 40.8. The Bertz CT molecular complexity index is 915. The van der Waals surface area contributed by atoms with Crippen molar-refractivity contribution in [3.63, 3.8) is 0 Å². The highest BCUT2D eigenvalue weighted by molar-refractivity contribution is 5.76. The number of rotatable bonds is 44. The monoisotopic (exact) mass is 788 g/mol. The minimum Gasteiger partial charge on any atom is -0.466 e. The van der Waals surface area contributed by atoms with Gasteiger partial charge in [0.05, 0.1) is 25.4 Å². The summed E-state index contributed by atoms with van der Waals surface area (Å²) in [6, 6.07) is -0.634. The Kier molecular flexibility index (Phi) is 44.2. The van der Waals surface area contributed by atoms with Gasteiger partial charge in [-0.1, -0.05) is 204 Å². The summed E-state index contributed by atoms with van der Waals surface area (Å²) in [5.74, 6) is -0.101. The number of nitrogens with one attached hydrogen (secondary N) is 1. The average molecular weight is 788 g/mol. The van der Waals surface area contributed by atoms with Crippen molar-refractivity contribution in [1.82, 2.24) is 5.32 Å². The van der Waals surface area contributed by atoms with Crippen LogP contribution in [-0.2, 0) is 14.3 Å². The smallest absolute Gasteiger partial charge is 0.305 e. The van der Waals surface area contributed by atoms with E-state index in [4.69, 9.17) is 4.74 Å². The van der Waals surface area contributed by atoms with Crippen molar-refractivity contribution in [2.45, 2.75) is 257 Å². The molecule has 0 aromatic rings. The third-order valence-corrected chi connectivity index (χ3v) is 10.9. The number of esters is 1. The number of unbranched alkanes of at least 4 members (excludes halogenated alkanes) is 29. The van der Waals surface area contributed by atoms with Crippen molar-refractivity contribution in [2.24, 2.45) is 0 Å². The third-order valence-electron chi connectivity index (χ3n) is 10.9. The van der Waals surface area contributed by atoms with Gasteiger partial charge in [-0.25, -0.2) is 0 Å². The Hall–Kier alpha value is -1.92. The van der Waals surface area contributed by atoms with E-state index in [-0.39, 0.29) is 18.5 Å². The number of amides is 1. The molecule has 3 N–H and O–H groups in total. The van der Waals surface area contributed by atoms with Crippen LogP contribution in [0.4, 0.5) is 0 Å². The average Bonchev–Trinajstić information content (AvgIpc) is 3.20. The van der Waals surface area contributed by atoms with Gasteiger partial charge in [0.2, 0.25) is 5.91 Å². The van der Waals surface area contributed by atoms with Crippen LogP contribution in [0.25, 0.3) is 0 Å². The molecule has 0 rings (SSSR count). The Labute approximate surface area is 347 Å². The molecule has 0 aliphatic rings. The number of carbonyl (C=O) groups excluding carboxylic acids is 2. The SMILES string of the molecule is CCCCC/C=C\C/C=C\CCCCCCCC(=O)OCCCCCCCCCCCCCCCCC(=O)NC(CO)C(O)/C=C/CCCCCCCCCC. The summed E-state index contributed by atoms with van der Waals surface area (Å²) >= 11 is 0. The lowest BCUT2D eigenvalue weighted by Crippen LogP contribution is -2.45. The Morgan fingerprint density at radius 1 is 0.500 bits per heavy atom. The van der Waals surface area contributed by atoms with Crippen LogP contribution in [0, 0.1) is 0 Å². The maximum absolute atomic E-state index is 12.4. The van der Waals surface area contributed by atoms with Crippen molar-refractivity contribution in [2.75, 3.05) is 13.2 Å². The number of aliphatic hydroxyl groups is 2. The molecule has 0 aromatic heterocycles. The van der Waals surface area contributed by atoms with E-state index < -0.39 is 12.1 Å². The molecule has 0 saturated heterocycles. The van der Waals surface area contributed by atoms with Crippen molar-refractivity contribution in [1.29, 1.82) is 0 Å². The fraction of sp³-hybridized carbons (Fsp3) is 0.840. The molecule has 6 heteroatoms. The highest BCUT2D eigenvalue weighted by Gasteiger charge is 2.18. The van der Waals surface area contributed by atoms with Gasteiger partial charge in [-0.3, -0.25) is 9.59 Å². The Morgan fingerprint density at radius 3 is 1.39 bits per heavy atom. The molecule has 0 saturated carbocycles. The standard InChI is InChI=1S/C50H93NO5/c1-3-5-7-9-11-13-15-16-17-21-24-28-32-36-40-44-50(55)56-45-41-37-33-29-25-22-19-18-20-23-27-31-35-39-43-49(54)51-47(46-52)48(53)42-38-34-30-26-14-12-10-8-6-4-2/h11,13,16-17,38,42,47-48,52-53H,3-10,12,14-15,18-37,39-41,43-46H2,1-2H3,(H,51,54)/b13-11-,17-16-,42-38+. The fourth-order valence-electron chi connectivity index (χ4n) is 7.13. The van der Waals surface area contributed by atoms with Gasteiger partial charge in [-0.2, -0.15) is 0 Å². The first-order valence-electron chi connectivity index (χ1n) is 24.3. The van der Waals surface area contributed by atoms with E-state index >= 15 is 0 Å². The first-order chi connectivity index (χ1) is 27.5. The van der Waals surface area contributed by atoms with Crippen LogP contribution in [-0.4, -0.2) is 47.4 Å². The van der Waals surface area contributed by atoms with E-state index in [2.05, 4.69) is 43.5 Å². The molecule has 2 unspecified atom stereocenters. The molecule has 56 heavy (non-hydrogen) atoms. The molecule has 0 bridgehead atoms. The van der Waals surface area contributed by atoms with E-state index in [1.54, 1.807) is 6.08 Å². The molecule has 0 aromatic carbocycles. The second-order valence-electron chi connectivity index (χ2n) is 16.4. The number of carbonyl (C=O) groups is 2.